The smallest absolute Gasteiger partial charge is 0.306 e. The van der Waals surface area contributed by atoms with Gasteiger partial charge in [-0.25, -0.2) is 0 Å². The number of aliphatic hydroxyl groups is 2. The van der Waals surface area contributed by atoms with Gasteiger partial charge in [-0.3, -0.25) is 9.59 Å². The van der Waals surface area contributed by atoms with Crippen LogP contribution >= 0.6 is 0 Å². The van der Waals surface area contributed by atoms with E-state index in [0.29, 0.717) is 19.3 Å². The molecule has 1 amide bonds. The van der Waals surface area contributed by atoms with Crippen molar-refractivity contribution < 1.29 is 24.5 Å². The number of hydrogen-bond donors (Lipinski definition) is 3. The molecule has 0 aliphatic carbocycles. The third-order valence-electron chi connectivity index (χ3n) is 11.2. The highest BCUT2D eigenvalue weighted by atomic mass is 16.5. The Morgan fingerprint density at radius 2 is 0.931 bits per heavy atom. The average molecular weight is 814 g/mol. The van der Waals surface area contributed by atoms with Crippen LogP contribution in [0.3, 0.4) is 0 Å². The summed E-state index contributed by atoms with van der Waals surface area (Å²) in [5.74, 6) is -0.523. The van der Waals surface area contributed by atoms with Gasteiger partial charge in [-0.2, -0.15) is 0 Å². The molecule has 58 heavy (non-hydrogen) atoms. The molecule has 0 bridgehead atoms. The second-order valence-electron chi connectivity index (χ2n) is 16.8. The van der Waals surface area contributed by atoms with Crippen molar-refractivity contribution in [3.05, 3.63) is 48.6 Å². The predicted octanol–water partition coefficient (Wildman–Crippen LogP) is 14.7. The molecule has 0 heterocycles. The van der Waals surface area contributed by atoms with E-state index in [9.17, 15) is 19.8 Å². The summed E-state index contributed by atoms with van der Waals surface area (Å²) in [6, 6.07) is -0.716. The summed E-state index contributed by atoms with van der Waals surface area (Å²) in [7, 11) is 0. The molecule has 0 saturated carbocycles. The Kier molecular flexibility index (Phi) is 44.2. The minimum Gasteiger partial charge on any atom is -0.462 e. The first-order chi connectivity index (χ1) is 28.5. The molecular weight excluding hydrogens is 719 g/mol. The lowest BCUT2D eigenvalue weighted by atomic mass is 10.0. The molecule has 0 aromatic carbocycles. The van der Waals surface area contributed by atoms with Crippen LogP contribution in [0.2, 0.25) is 0 Å². The highest BCUT2D eigenvalue weighted by molar-refractivity contribution is 5.77. The van der Waals surface area contributed by atoms with Gasteiger partial charge in [0.25, 0.3) is 0 Å². The number of carbonyl (C=O) groups excluding carboxylic acids is 2. The lowest BCUT2D eigenvalue weighted by molar-refractivity contribution is -0.151. The molecule has 0 rings (SSSR count). The van der Waals surface area contributed by atoms with Crippen molar-refractivity contribution in [1.29, 1.82) is 0 Å². The topological polar surface area (TPSA) is 95.9 Å². The van der Waals surface area contributed by atoms with Crippen molar-refractivity contribution >= 4 is 11.9 Å². The van der Waals surface area contributed by atoms with E-state index in [0.717, 1.165) is 77.0 Å². The van der Waals surface area contributed by atoms with E-state index < -0.39 is 18.2 Å². The van der Waals surface area contributed by atoms with Crippen LogP contribution < -0.4 is 5.32 Å². The van der Waals surface area contributed by atoms with E-state index in [1.807, 2.05) is 0 Å². The Labute approximate surface area is 359 Å². The van der Waals surface area contributed by atoms with E-state index in [-0.39, 0.29) is 24.9 Å². The van der Waals surface area contributed by atoms with Gasteiger partial charge in [0, 0.05) is 6.42 Å². The second kappa shape index (κ2) is 45.9. The molecule has 3 unspecified atom stereocenters. The van der Waals surface area contributed by atoms with Crippen LogP contribution in [0.5, 0.6) is 0 Å². The summed E-state index contributed by atoms with van der Waals surface area (Å²) >= 11 is 0. The van der Waals surface area contributed by atoms with Crippen LogP contribution in [0.25, 0.3) is 0 Å². The average Bonchev–Trinajstić information content (AvgIpc) is 3.22. The second-order valence-corrected chi connectivity index (χ2v) is 16.8. The maximum atomic E-state index is 13.2. The number of unbranched alkanes of at least 4 members (excludes halogenated alkanes) is 24. The molecule has 0 aromatic heterocycles. The Hall–Kier alpha value is -2.18. The van der Waals surface area contributed by atoms with E-state index in [1.54, 1.807) is 0 Å². The van der Waals surface area contributed by atoms with Gasteiger partial charge in [0.15, 0.2) is 0 Å². The molecule has 0 spiro atoms. The zero-order chi connectivity index (χ0) is 42.4. The molecule has 6 heteroatoms. The molecule has 0 aromatic rings. The molecule has 3 atom stereocenters. The molecule has 3 N–H and O–H groups in total. The van der Waals surface area contributed by atoms with Gasteiger partial charge in [-0.15, -0.1) is 0 Å². The van der Waals surface area contributed by atoms with Crippen LogP contribution in [-0.2, 0) is 14.3 Å². The fraction of sp³-hybridized carbons (Fsp3) is 0.808. The maximum Gasteiger partial charge on any atom is 0.306 e. The number of amides is 1. The van der Waals surface area contributed by atoms with E-state index in [1.165, 1.54) is 122 Å². The number of carbonyl (C=O) groups is 2. The van der Waals surface area contributed by atoms with Crippen molar-refractivity contribution in [3.8, 4) is 0 Å². The summed E-state index contributed by atoms with van der Waals surface area (Å²) in [5, 5.41) is 23.7. The van der Waals surface area contributed by atoms with Gasteiger partial charge in [0.1, 0.15) is 6.10 Å². The highest BCUT2D eigenvalue weighted by Crippen LogP contribution is 2.17. The molecular formula is C52H95NO5. The third kappa shape index (κ3) is 40.6. The third-order valence-corrected chi connectivity index (χ3v) is 11.2. The van der Waals surface area contributed by atoms with Gasteiger partial charge in [-0.1, -0.05) is 223 Å². The van der Waals surface area contributed by atoms with Crippen molar-refractivity contribution in [2.45, 2.75) is 264 Å². The fourth-order valence-electron chi connectivity index (χ4n) is 7.43. The van der Waals surface area contributed by atoms with Crippen molar-refractivity contribution in [1.82, 2.24) is 5.32 Å². The van der Waals surface area contributed by atoms with Gasteiger partial charge in [0.05, 0.1) is 25.2 Å². The van der Waals surface area contributed by atoms with Crippen LogP contribution in [-0.4, -0.2) is 46.9 Å². The van der Waals surface area contributed by atoms with Crippen LogP contribution in [0.15, 0.2) is 48.6 Å². The molecule has 338 valence electrons. The lowest BCUT2D eigenvalue weighted by Crippen LogP contribution is -2.46. The summed E-state index contributed by atoms with van der Waals surface area (Å²) in [6.07, 6.45) is 54.6. The Morgan fingerprint density at radius 1 is 0.517 bits per heavy atom. The number of allylic oxidation sites excluding steroid dienone is 8. The molecule has 0 radical (unpaired) electrons. The molecule has 0 aliphatic heterocycles. The normalized spacial score (nSPS) is 13.7. The minimum absolute atomic E-state index is 0.0420. The zero-order valence-electron chi connectivity index (χ0n) is 38.4. The lowest BCUT2D eigenvalue weighted by Gasteiger charge is -2.24. The quantitative estimate of drug-likeness (QED) is 0.0323. The first-order valence-electron chi connectivity index (χ1n) is 24.9. The number of aliphatic hydroxyl groups excluding tert-OH is 2. The van der Waals surface area contributed by atoms with Crippen LogP contribution in [0.4, 0.5) is 0 Å². The maximum absolute atomic E-state index is 13.2. The van der Waals surface area contributed by atoms with Crippen molar-refractivity contribution in [2.75, 3.05) is 6.61 Å². The molecule has 0 aliphatic rings. The van der Waals surface area contributed by atoms with Crippen LogP contribution in [0, 0.1) is 0 Å². The SMILES string of the molecule is CC/C=C/C/C=C/C/C=C/C/C=C/CCCC(CC(=O)NC(CO)C(O)CCCCCCCCCCCCC)OC(=O)CCCCCCCCCCCCCCCC. The summed E-state index contributed by atoms with van der Waals surface area (Å²) in [6.45, 7) is 6.35. The minimum atomic E-state index is -0.799. The van der Waals surface area contributed by atoms with Crippen molar-refractivity contribution in [3.63, 3.8) is 0 Å². The molecule has 0 fully saturated rings. The summed E-state index contributed by atoms with van der Waals surface area (Å²) in [4.78, 5) is 26.1. The highest BCUT2D eigenvalue weighted by Gasteiger charge is 2.24. The largest absolute Gasteiger partial charge is 0.462 e. The number of hydrogen-bond acceptors (Lipinski definition) is 5. The summed E-state index contributed by atoms with van der Waals surface area (Å²) < 4.78 is 5.90. The van der Waals surface area contributed by atoms with Crippen LogP contribution in [0.1, 0.15) is 245 Å². The summed E-state index contributed by atoms with van der Waals surface area (Å²) in [5.41, 5.74) is 0. The Balaban J connectivity index is 4.66. The number of ether oxygens (including phenoxy) is 1. The van der Waals surface area contributed by atoms with E-state index in [4.69, 9.17) is 4.74 Å². The van der Waals surface area contributed by atoms with Gasteiger partial charge in [0.2, 0.25) is 5.91 Å². The van der Waals surface area contributed by atoms with Gasteiger partial charge < -0.3 is 20.3 Å². The number of rotatable bonds is 44. The van der Waals surface area contributed by atoms with E-state index in [2.05, 4.69) is 74.7 Å². The van der Waals surface area contributed by atoms with E-state index >= 15 is 0 Å². The van der Waals surface area contributed by atoms with Gasteiger partial charge in [-0.05, 0) is 57.8 Å². The van der Waals surface area contributed by atoms with Gasteiger partial charge >= 0.3 is 5.97 Å². The monoisotopic (exact) mass is 814 g/mol. The molecule has 0 saturated heterocycles. The standard InChI is InChI=1S/C52H95NO5/c1-4-7-10-13-16-19-22-24-26-29-31-34-37-40-43-48(58-52(57)45-42-39-36-33-30-27-25-23-20-17-14-11-8-5-2)46-51(56)53-49(47-54)50(55)44-41-38-35-32-28-21-18-15-12-9-6-3/h7,10,16,19,24,26,31,34,48-50,54-55H,4-6,8-9,11-15,17-18,20-23,25,27-30,32-33,35-47H2,1-3H3,(H,53,56)/b10-7+,19-16+,26-24+,34-31+. The fourth-order valence-corrected chi connectivity index (χ4v) is 7.43. The zero-order valence-corrected chi connectivity index (χ0v) is 38.4. The Bertz CT molecular complexity index is 1000. The molecule has 6 nitrogen and oxygen atoms in total. The first kappa shape index (κ1) is 55.8. The first-order valence-corrected chi connectivity index (χ1v) is 24.9. The van der Waals surface area contributed by atoms with Crippen molar-refractivity contribution in [2.24, 2.45) is 0 Å². The predicted molar refractivity (Wildman–Crippen MR) is 250 cm³/mol. The Morgan fingerprint density at radius 3 is 1.38 bits per heavy atom. The number of nitrogens with one attached hydrogen (secondary N) is 1. The number of esters is 1.